The van der Waals surface area contributed by atoms with E-state index in [2.05, 4.69) is 16.8 Å². The van der Waals surface area contributed by atoms with E-state index in [1.165, 1.54) is 0 Å². The first kappa shape index (κ1) is 13.1. The standard InChI is InChI=1S/C14H21N3O/c1-4-16(11-14(2,3)18)9-12-10-17-8-6-5-7-13(17)15-12/h5-8,10,18H,4,9,11H2,1-3H3. The van der Waals surface area contributed by atoms with Gasteiger partial charge in [0, 0.05) is 25.5 Å². The second-order valence-electron chi connectivity index (χ2n) is 5.31. The highest BCUT2D eigenvalue weighted by atomic mass is 16.3. The molecular weight excluding hydrogens is 226 g/mol. The number of aliphatic hydroxyl groups is 1. The first-order valence-corrected chi connectivity index (χ1v) is 6.35. The molecule has 0 radical (unpaired) electrons. The second kappa shape index (κ2) is 5.08. The molecule has 0 aromatic carbocycles. The molecule has 4 heteroatoms. The molecule has 2 aromatic rings. The Morgan fingerprint density at radius 3 is 2.78 bits per heavy atom. The van der Waals surface area contributed by atoms with Gasteiger partial charge in [0.25, 0.3) is 0 Å². The summed E-state index contributed by atoms with van der Waals surface area (Å²) in [5, 5.41) is 9.87. The molecule has 0 amide bonds. The van der Waals surface area contributed by atoms with Crippen molar-refractivity contribution in [3.8, 4) is 0 Å². The van der Waals surface area contributed by atoms with Gasteiger partial charge in [-0.15, -0.1) is 0 Å². The van der Waals surface area contributed by atoms with Crippen LogP contribution in [-0.2, 0) is 6.54 Å². The Bertz CT molecular complexity index is 480. The van der Waals surface area contributed by atoms with Crippen molar-refractivity contribution in [1.29, 1.82) is 0 Å². The number of pyridine rings is 1. The fraction of sp³-hybridized carbons (Fsp3) is 0.500. The van der Waals surface area contributed by atoms with Crippen molar-refractivity contribution >= 4 is 5.65 Å². The van der Waals surface area contributed by atoms with Crippen LogP contribution in [0.4, 0.5) is 0 Å². The molecule has 2 aromatic heterocycles. The first-order valence-electron chi connectivity index (χ1n) is 6.35. The van der Waals surface area contributed by atoms with E-state index in [1.54, 1.807) is 0 Å². The van der Waals surface area contributed by atoms with Crippen molar-refractivity contribution in [3.63, 3.8) is 0 Å². The molecule has 0 unspecified atom stereocenters. The highest BCUT2D eigenvalue weighted by Crippen LogP contribution is 2.10. The molecule has 1 N–H and O–H groups in total. The van der Waals surface area contributed by atoms with Gasteiger partial charge in [-0.2, -0.15) is 0 Å². The molecule has 2 heterocycles. The molecule has 0 saturated heterocycles. The topological polar surface area (TPSA) is 40.8 Å². The summed E-state index contributed by atoms with van der Waals surface area (Å²) in [4.78, 5) is 6.77. The van der Waals surface area contributed by atoms with Gasteiger partial charge in [-0.3, -0.25) is 4.90 Å². The highest BCUT2D eigenvalue weighted by Gasteiger charge is 2.18. The maximum absolute atomic E-state index is 9.87. The second-order valence-corrected chi connectivity index (χ2v) is 5.31. The van der Waals surface area contributed by atoms with Gasteiger partial charge in [-0.05, 0) is 32.5 Å². The average Bonchev–Trinajstić information content (AvgIpc) is 2.68. The van der Waals surface area contributed by atoms with Gasteiger partial charge in [0.05, 0.1) is 11.3 Å². The normalized spacial score (nSPS) is 12.5. The minimum atomic E-state index is -0.671. The number of rotatable bonds is 5. The zero-order chi connectivity index (χ0) is 13.2. The Hall–Kier alpha value is -1.39. The minimum Gasteiger partial charge on any atom is -0.389 e. The van der Waals surface area contributed by atoms with Gasteiger partial charge in [0.2, 0.25) is 0 Å². The molecule has 0 spiro atoms. The summed E-state index contributed by atoms with van der Waals surface area (Å²) in [6, 6.07) is 5.98. The molecule has 4 nitrogen and oxygen atoms in total. The molecule has 0 aliphatic heterocycles. The number of aromatic nitrogens is 2. The summed E-state index contributed by atoms with van der Waals surface area (Å²) < 4.78 is 2.02. The zero-order valence-electron chi connectivity index (χ0n) is 11.3. The molecule has 98 valence electrons. The van der Waals surface area contributed by atoms with Crippen LogP contribution < -0.4 is 0 Å². The molecular formula is C14H21N3O. The molecule has 18 heavy (non-hydrogen) atoms. The number of hydrogen-bond donors (Lipinski definition) is 1. The number of nitrogens with zero attached hydrogens (tertiary/aromatic N) is 3. The van der Waals surface area contributed by atoms with E-state index in [1.807, 2.05) is 48.8 Å². The molecule has 2 rings (SSSR count). The summed E-state index contributed by atoms with van der Waals surface area (Å²) in [6.07, 6.45) is 4.04. The lowest BCUT2D eigenvalue weighted by Crippen LogP contribution is -2.38. The summed E-state index contributed by atoms with van der Waals surface area (Å²) >= 11 is 0. The smallest absolute Gasteiger partial charge is 0.137 e. The Kier molecular flexibility index (Phi) is 3.68. The molecule has 0 aliphatic rings. The summed E-state index contributed by atoms with van der Waals surface area (Å²) in [5.41, 5.74) is 1.33. The first-order chi connectivity index (χ1) is 8.48. The lowest BCUT2D eigenvalue weighted by molar-refractivity contribution is 0.0350. The van der Waals surface area contributed by atoms with Crippen LogP contribution in [0.5, 0.6) is 0 Å². The van der Waals surface area contributed by atoms with E-state index in [9.17, 15) is 5.11 Å². The largest absolute Gasteiger partial charge is 0.389 e. The van der Waals surface area contributed by atoms with Gasteiger partial charge < -0.3 is 9.51 Å². The Morgan fingerprint density at radius 2 is 2.17 bits per heavy atom. The van der Waals surface area contributed by atoms with E-state index in [0.717, 1.165) is 24.4 Å². The van der Waals surface area contributed by atoms with Gasteiger partial charge in [0.15, 0.2) is 0 Å². The molecule has 0 aliphatic carbocycles. The monoisotopic (exact) mass is 247 g/mol. The molecule has 0 atom stereocenters. The zero-order valence-corrected chi connectivity index (χ0v) is 11.3. The van der Waals surface area contributed by atoms with Crippen molar-refractivity contribution in [2.75, 3.05) is 13.1 Å². The Morgan fingerprint density at radius 1 is 1.39 bits per heavy atom. The van der Waals surface area contributed by atoms with E-state index < -0.39 is 5.60 Å². The number of imidazole rings is 1. The fourth-order valence-electron chi connectivity index (χ4n) is 2.12. The van der Waals surface area contributed by atoms with Gasteiger partial charge in [-0.1, -0.05) is 13.0 Å². The van der Waals surface area contributed by atoms with Crippen LogP contribution in [0, 0.1) is 0 Å². The fourth-order valence-corrected chi connectivity index (χ4v) is 2.12. The van der Waals surface area contributed by atoms with Gasteiger partial charge in [-0.25, -0.2) is 4.98 Å². The van der Waals surface area contributed by atoms with E-state index in [4.69, 9.17) is 0 Å². The van der Waals surface area contributed by atoms with Crippen LogP contribution in [0.15, 0.2) is 30.6 Å². The Labute approximate surface area is 108 Å². The van der Waals surface area contributed by atoms with E-state index in [0.29, 0.717) is 6.54 Å². The SMILES string of the molecule is CCN(Cc1cn2ccccc2n1)CC(C)(C)O. The van der Waals surface area contributed by atoms with Crippen LogP contribution in [-0.4, -0.2) is 38.1 Å². The number of hydrogen-bond acceptors (Lipinski definition) is 3. The quantitative estimate of drug-likeness (QED) is 0.877. The summed E-state index contributed by atoms with van der Waals surface area (Å²) in [6.45, 7) is 8.08. The molecule has 0 bridgehead atoms. The lowest BCUT2D eigenvalue weighted by atomic mass is 10.1. The third-order valence-corrected chi connectivity index (χ3v) is 2.86. The third-order valence-electron chi connectivity index (χ3n) is 2.86. The predicted molar refractivity (Wildman–Crippen MR) is 72.4 cm³/mol. The van der Waals surface area contributed by atoms with Crippen molar-refractivity contribution in [3.05, 3.63) is 36.3 Å². The maximum Gasteiger partial charge on any atom is 0.137 e. The number of likely N-dealkylation sites (N-methyl/N-ethyl adjacent to an activating group) is 1. The third kappa shape index (κ3) is 3.31. The number of fused-ring (bicyclic) bond motifs is 1. The van der Waals surface area contributed by atoms with Gasteiger partial charge >= 0.3 is 0 Å². The van der Waals surface area contributed by atoms with Crippen LogP contribution in [0.25, 0.3) is 5.65 Å². The molecule has 0 saturated carbocycles. The minimum absolute atomic E-state index is 0.650. The molecule has 0 fully saturated rings. The van der Waals surface area contributed by atoms with E-state index in [-0.39, 0.29) is 0 Å². The maximum atomic E-state index is 9.87. The van der Waals surface area contributed by atoms with Crippen molar-refractivity contribution in [2.45, 2.75) is 32.9 Å². The van der Waals surface area contributed by atoms with Crippen LogP contribution in [0.2, 0.25) is 0 Å². The van der Waals surface area contributed by atoms with Crippen molar-refractivity contribution in [1.82, 2.24) is 14.3 Å². The average molecular weight is 247 g/mol. The van der Waals surface area contributed by atoms with Crippen molar-refractivity contribution in [2.24, 2.45) is 0 Å². The van der Waals surface area contributed by atoms with Crippen LogP contribution >= 0.6 is 0 Å². The van der Waals surface area contributed by atoms with Gasteiger partial charge in [0.1, 0.15) is 5.65 Å². The highest BCUT2D eigenvalue weighted by molar-refractivity contribution is 5.39. The summed E-state index contributed by atoms with van der Waals surface area (Å²) in [7, 11) is 0. The Balaban J connectivity index is 2.11. The predicted octanol–water partition coefficient (Wildman–Crippen LogP) is 1.93. The summed E-state index contributed by atoms with van der Waals surface area (Å²) in [5.74, 6) is 0. The van der Waals surface area contributed by atoms with Crippen molar-refractivity contribution < 1.29 is 5.11 Å². The lowest BCUT2D eigenvalue weighted by Gasteiger charge is -2.27. The van der Waals surface area contributed by atoms with Crippen LogP contribution in [0.1, 0.15) is 26.5 Å². The van der Waals surface area contributed by atoms with Crippen LogP contribution in [0.3, 0.4) is 0 Å². The van der Waals surface area contributed by atoms with E-state index >= 15 is 0 Å².